The van der Waals surface area contributed by atoms with Crippen molar-refractivity contribution in [2.24, 2.45) is 0 Å². The Hall–Kier alpha value is -1.82. The first-order valence-corrected chi connectivity index (χ1v) is 6.31. The number of nitriles is 1. The van der Waals surface area contributed by atoms with E-state index < -0.39 is 0 Å². The molecule has 1 atom stereocenters. The molecule has 3 nitrogen and oxygen atoms in total. The van der Waals surface area contributed by atoms with Crippen LogP contribution >= 0.6 is 0 Å². The lowest BCUT2D eigenvalue weighted by Gasteiger charge is -2.20. The first kappa shape index (κ1) is 14.2. The number of hydrogen-bond acceptors (Lipinski definition) is 2. The molecule has 1 aromatic rings. The molecule has 1 rings (SSSR count). The molecule has 0 saturated carbocycles. The molecule has 96 valence electrons. The van der Waals surface area contributed by atoms with Crippen molar-refractivity contribution >= 4 is 5.91 Å². The van der Waals surface area contributed by atoms with Crippen LogP contribution in [-0.4, -0.2) is 24.4 Å². The Morgan fingerprint density at radius 2 is 2.00 bits per heavy atom. The van der Waals surface area contributed by atoms with E-state index in [1.165, 1.54) is 5.56 Å². The monoisotopic (exact) mass is 244 g/mol. The number of aryl methyl sites for hydroxylation is 1. The van der Waals surface area contributed by atoms with E-state index in [0.717, 1.165) is 12.0 Å². The second-order valence-corrected chi connectivity index (χ2v) is 4.48. The van der Waals surface area contributed by atoms with Gasteiger partial charge in [-0.3, -0.25) is 4.79 Å². The van der Waals surface area contributed by atoms with Gasteiger partial charge in [0, 0.05) is 13.6 Å². The number of rotatable bonds is 5. The summed E-state index contributed by atoms with van der Waals surface area (Å²) in [6.07, 6.45) is 1.38. The van der Waals surface area contributed by atoms with E-state index >= 15 is 0 Å². The van der Waals surface area contributed by atoms with E-state index in [2.05, 4.69) is 25.1 Å². The highest BCUT2D eigenvalue weighted by Gasteiger charge is 2.18. The third-order valence-corrected chi connectivity index (χ3v) is 3.19. The molecule has 0 bridgehead atoms. The molecule has 0 heterocycles. The SMILES string of the molecule is CCc1ccc(C(C)C(=O)N(C)CCC#N)cc1. The Kier molecular flexibility index (Phi) is 5.38. The van der Waals surface area contributed by atoms with Crippen molar-refractivity contribution in [3.8, 4) is 6.07 Å². The molecular weight excluding hydrogens is 224 g/mol. The lowest BCUT2D eigenvalue weighted by atomic mass is 9.98. The summed E-state index contributed by atoms with van der Waals surface area (Å²) >= 11 is 0. The van der Waals surface area contributed by atoms with Crippen LogP contribution in [-0.2, 0) is 11.2 Å². The van der Waals surface area contributed by atoms with Crippen molar-refractivity contribution in [3.05, 3.63) is 35.4 Å². The first-order valence-electron chi connectivity index (χ1n) is 6.31. The number of amides is 1. The maximum absolute atomic E-state index is 12.1. The number of carbonyl (C=O) groups excluding carboxylic acids is 1. The summed E-state index contributed by atoms with van der Waals surface area (Å²) in [7, 11) is 1.75. The highest BCUT2D eigenvalue weighted by atomic mass is 16.2. The minimum atomic E-state index is -0.153. The van der Waals surface area contributed by atoms with Crippen LogP contribution in [0.3, 0.4) is 0 Å². The van der Waals surface area contributed by atoms with Gasteiger partial charge in [0.15, 0.2) is 0 Å². The molecule has 0 aromatic heterocycles. The van der Waals surface area contributed by atoms with Crippen LogP contribution in [0.5, 0.6) is 0 Å². The molecule has 0 spiro atoms. The Labute approximate surface area is 109 Å². The summed E-state index contributed by atoms with van der Waals surface area (Å²) in [5.74, 6) is -0.0888. The van der Waals surface area contributed by atoms with Gasteiger partial charge in [0.25, 0.3) is 0 Å². The minimum absolute atomic E-state index is 0.0644. The maximum Gasteiger partial charge on any atom is 0.229 e. The molecular formula is C15H20N2O. The van der Waals surface area contributed by atoms with Gasteiger partial charge in [-0.15, -0.1) is 0 Å². The molecule has 0 N–H and O–H groups in total. The Morgan fingerprint density at radius 3 is 2.50 bits per heavy atom. The van der Waals surface area contributed by atoms with E-state index in [9.17, 15) is 4.79 Å². The molecule has 0 aliphatic carbocycles. The predicted octanol–water partition coefficient (Wildman–Crippen LogP) is 2.72. The van der Waals surface area contributed by atoms with Crippen LogP contribution in [0.2, 0.25) is 0 Å². The zero-order valence-corrected chi connectivity index (χ0v) is 11.3. The zero-order valence-electron chi connectivity index (χ0n) is 11.3. The van der Waals surface area contributed by atoms with Gasteiger partial charge in [-0.05, 0) is 24.5 Å². The Morgan fingerprint density at radius 1 is 1.39 bits per heavy atom. The van der Waals surface area contributed by atoms with Gasteiger partial charge >= 0.3 is 0 Å². The predicted molar refractivity (Wildman–Crippen MR) is 72.1 cm³/mol. The third kappa shape index (κ3) is 3.59. The molecule has 1 amide bonds. The summed E-state index contributed by atoms with van der Waals surface area (Å²) in [6, 6.07) is 10.2. The van der Waals surface area contributed by atoms with Gasteiger partial charge in [-0.1, -0.05) is 31.2 Å². The summed E-state index contributed by atoms with van der Waals surface area (Å²) in [5.41, 5.74) is 2.30. The zero-order chi connectivity index (χ0) is 13.5. The summed E-state index contributed by atoms with van der Waals surface area (Å²) < 4.78 is 0. The van der Waals surface area contributed by atoms with Crippen LogP contribution in [0, 0.1) is 11.3 Å². The lowest BCUT2D eigenvalue weighted by Crippen LogP contribution is -2.31. The first-order chi connectivity index (χ1) is 8.60. The maximum atomic E-state index is 12.1. The van der Waals surface area contributed by atoms with Gasteiger partial charge in [0.1, 0.15) is 0 Å². The molecule has 0 aliphatic rings. The van der Waals surface area contributed by atoms with Gasteiger partial charge in [-0.2, -0.15) is 5.26 Å². The van der Waals surface area contributed by atoms with Crippen molar-refractivity contribution in [2.75, 3.05) is 13.6 Å². The number of benzene rings is 1. The smallest absolute Gasteiger partial charge is 0.229 e. The Bertz CT molecular complexity index is 431. The highest BCUT2D eigenvalue weighted by molar-refractivity contribution is 5.83. The van der Waals surface area contributed by atoms with Gasteiger partial charge < -0.3 is 4.90 Å². The summed E-state index contributed by atoms with van der Waals surface area (Å²) in [4.78, 5) is 13.7. The average Bonchev–Trinajstić information content (AvgIpc) is 2.43. The van der Waals surface area contributed by atoms with Gasteiger partial charge in [0.2, 0.25) is 5.91 Å². The quantitative estimate of drug-likeness (QED) is 0.799. The highest BCUT2D eigenvalue weighted by Crippen LogP contribution is 2.18. The number of likely N-dealkylation sites (N-methyl/N-ethyl adjacent to an activating group) is 1. The second kappa shape index (κ2) is 6.80. The summed E-state index contributed by atoms with van der Waals surface area (Å²) in [5, 5.41) is 8.52. The van der Waals surface area contributed by atoms with Crippen molar-refractivity contribution in [3.63, 3.8) is 0 Å². The fraction of sp³-hybridized carbons (Fsp3) is 0.467. The van der Waals surface area contributed by atoms with Crippen molar-refractivity contribution < 1.29 is 4.79 Å². The normalized spacial score (nSPS) is 11.7. The molecule has 0 aliphatic heterocycles. The fourth-order valence-corrected chi connectivity index (χ4v) is 1.84. The fourth-order valence-electron chi connectivity index (χ4n) is 1.84. The van der Waals surface area contributed by atoms with E-state index in [4.69, 9.17) is 5.26 Å². The van der Waals surface area contributed by atoms with Gasteiger partial charge in [-0.25, -0.2) is 0 Å². The van der Waals surface area contributed by atoms with E-state index in [0.29, 0.717) is 13.0 Å². The molecule has 18 heavy (non-hydrogen) atoms. The van der Waals surface area contributed by atoms with Gasteiger partial charge in [0.05, 0.1) is 18.4 Å². The van der Waals surface area contributed by atoms with Crippen LogP contribution < -0.4 is 0 Å². The minimum Gasteiger partial charge on any atom is -0.344 e. The van der Waals surface area contributed by atoms with E-state index in [1.54, 1.807) is 11.9 Å². The number of carbonyl (C=O) groups is 1. The van der Waals surface area contributed by atoms with Crippen LogP contribution in [0.4, 0.5) is 0 Å². The standard InChI is InChI=1S/C15H20N2O/c1-4-13-6-8-14(9-7-13)12(2)15(18)17(3)11-5-10-16/h6-9,12H,4-5,11H2,1-3H3. The van der Waals surface area contributed by atoms with Crippen LogP contribution in [0.1, 0.15) is 37.3 Å². The molecule has 1 unspecified atom stereocenters. The Balaban J connectivity index is 2.70. The van der Waals surface area contributed by atoms with E-state index in [1.807, 2.05) is 19.1 Å². The number of hydrogen-bond donors (Lipinski definition) is 0. The topological polar surface area (TPSA) is 44.1 Å². The van der Waals surface area contributed by atoms with Crippen molar-refractivity contribution in [2.45, 2.75) is 32.6 Å². The molecule has 0 fully saturated rings. The molecule has 0 saturated heterocycles. The lowest BCUT2D eigenvalue weighted by molar-refractivity contribution is -0.131. The van der Waals surface area contributed by atoms with Crippen LogP contribution in [0.15, 0.2) is 24.3 Å². The average molecular weight is 244 g/mol. The van der Waals surface area contributed by atoms with Crippen LogP contribution in [0.25, 0.3) is 0 Å². The second-order valence-electron chi connectivity index (χ2n) is 4.48. The van der Waals surface area contributed by atoms with E-state index in [-0.39, 0.29) is 11.8 Å². The van der Waals surface area contributed by atoms with Crippen molar-refractivity contribution in [1.82, 2.24) is 4.90 Å². The molecule has 3 heteroatoms. The molecule has 1 aromatic carbocycles. The summed E-state index contributed by atoms with van der Waals surface area (Å²) in [6.45, 7) is 4.51. The number of nitrogens with zero attached hydrogens (tertiary/aromatic N) is 2. The third-order valence-electron chi connectivity index (χ3n) is 3.19. The molecule has 0 radical (unpaired) electrons. The largest absolute Gasteiger partial charge is 0.344 e. The van der Waals surface area contributed by atoms with Crippen molar-refractivity contribution in [1.29, 1.82) is 5.26 Å².